The van der Waals surface area contributed by atoms with Crippen molar-refractivity contribution in [1.29, 1.82) is 0 Å². The average molecular weight is 295 g/mol. The van der Waals surface area contributed by atoms with E-state index in [2.05, 4.69) is 48.5 Å². The molecule has 0 radical (unpaired) electrons. The fraction of sp³-hybridized carbons (Fsp3) is 0.688. The lowest BCUT2D eigenvalue weighted by atomic mass is 10.1. The van der Waals surface area contributed by atoms with Crippen molar-refractivity contribution >= 4 is 5.82 Å². The molecule has 0 saturated carbocycles. The fourth-order valence-electron chi connectivity index (χ4n) is 1.98. The van der Waals surface area contributed by atoms with Gasteiger partial charge in [-0.15, -0.1) is 0 Å². The molecule has 1 heterocycles. The van der Waals surface area contributed by atoms with Gasteiger partial charge in [0.2, 0.25) is 0 Å². The average Bonchev–Trinajstić information content (AvgIpc) is 2.49. The van der Waals surface area contributed by atoms with Crippen LogP contribution in [0.2, 0.25) is 0 Å². The van der Waals surface area contributed by atoms with E-state index in [9.17, 15) is 0 Å². The van der Waals surface area contributed by atoms with Gasteiger partial charge in [-0.05, 0) is 30.2 Å². The van der Waals surface area contributed by atoms with Gasteiger partial charge in [-0.1, -0.05) is 20.8 Å². The van der Waals surface area contributed by atoms with E-state index in [4.69, 9.17) is 9.47 Å². The second-order valence-corrected chi connectivity index (χ2v) is 5.41. The molecule has 1 aromatic rings. The first-order chi connectivity index (χ1) is 10.1. The zero-order valence-corrected chi connectivity index (χ0v) is 13.9. The normalized spacial score (nSPS) is 12.7. The lowest BCUT2D eigenvalue weighted by Gasteiger charge is -2.17. The van der Waals surface area contributed by atoms with Crippen LogP contribution in [0.1, 0.15) is 37.9 Å². The van der Waals surface area contributed by atoms with Gasteiger partial charge in [-0.3, -0.25) is 0 Å². The van der Waals surface area contributed by atoms with Gasteiger partial charge in [-0.25, -0.2) is 4.98 Å². The number of rotatable bonds is 10. The summed E-state index contributed by atoms with van der Waals surface area (Å²) in [6.45, 7) is 9.49. The number of aromatic nitrogens is 1. The zero-order chi connectivity index (χ0) is 15.7. The topological polar surface area (TPSA) is 55.4 Å². The van der Waals surface area contributed by atoms with Crippen LogP contribution in [0.3, 0.4) is 0 Å². The molecule has 21 heavy (non-hydrogen) atoms. The first-order valence-corrected chi connectivity index (χ1v) is 7.57. The van der Waals surface area contributed by atoms with E-state index in [0.29, 0.717) is 19.1 Å². The first-order valence-electron chi connectivity index (χ1n) is 7.57. The molecule has 0 bridgehead atoms. The van der Waals surface area contributed by atoms with E-state index < -0.39 is 0 Å². The van der Waals surface area contributed by atoms with Crippen LogP contribution in [0.25, 0.3) is 0 Å². The van der Waals surface area contributed by atoms with E-state index in [1.807, 2.05) is 0 Å². The van der Waals surface area contributed by atoms with E-state index >= 15 is 0 Å². The van der Waals surface area contributed by atoms with Crippen LogP contribution in [0.4, 0.5) is 5.82 Å². The summed E-state index contributed by atoms with van der Waals surface area (Å²) in [7, 11) is 3.37. The Morgan fingerprint density at radius 2 is 2.00 bits per heavy atom. The van der Waals surface area contributed by atoms with Crippen molar-refractivity contribution in [3.05, 3.63) is 23.4 Å². The molecule has 0 aromatic carbocycles. The second-order valence-electron chi connectivity index (χ2n) is 5.41. The number of methoxy groups -OCH3 is 2. The molecule has 5 heteroatoms. The summed E-state index contributed by atoms with van der Waals surface area (Å²) >= 11 is 0. The highest BCUT2D eigenvalue weighted by Gasteiger charge is 2.09. The van der Waals surface area contributed by atoms with E-state index in [1.165, 1.54) is 5.56 Å². The summed E-state index contributed by atoms with van der Waals surface area (Å²) in [5, 5.41) is 6.70. The van der Waals surface area contributed by atoms with Gasteiger partial charge in [0, 0.05) is 33.0 Å². The minimum atomic E-state index is 0.0247. The molecule has 2 N–H and O–H groups in total. The number of ether oxygens (including phenoxy) is 2. The van der Waals surface area contributed by atoms with Crippen molar-refractivity contribution in [2.24, 2.45) is 0 Å². The molecule has 0 aliphatic rings. The Labute approximate surface area is 128 Å². The lowest BCUT2D eigenvalue weighted by molar-refractivity contribution is 0.0365. The SMILES string of the molecule is CCNCc1cc(NCC(COC)OC)nc(C(C)C)c1. The van der Waals surface area contributed by atoms with Crippen LogP contribution in [0, 0.1) is 0 Å². The maximum Gasteiger partial charge on any atom is 0.126 e. The minimum Gasteiger partial charge on any atom is -0.382 e. The summed E-state index contributed by atoms with van der Waals surface area (Å²) in [6.07, 6.45) is 0.0247. The maximum absolute atomic E-state index is 5.36. The van der Waals surface area contributed by atoms with Crippen molar-refractivity contribution in [1.82, 2.24) is 10.3 Å². The first kappa shape index (κ1) is 17.9. The maximum atomic E-state index is 5.36. The highest BCUT2D eigenvalue weighted by molar-refractivity contribution is 5.40. The second kappa shape index (κ2) is 9.71. The Balaban J connectivity index is 2.76. The predicted molar refractivity (Wildman–Crippen MR) is 86.9 cm³/mol. The Morgan fingerprint density at radius 1 is 1.24 bits per heavy atom. The van der Waals surface area contributed by atoms with E-state index in [0.717, 1.165) is 24.6 Å². The van der Waals surface area contributed by atoms with E-state index in [1.54, 1.807) is 14.2 Å². The third-order valence-electron chi connectivity index (χ3n) is 3.27. The fourth-order valence-corrected chi connectivity index (χ4v) is 1.98. The van der Waals surface area contributed by atoms with E-state index in [-0.39, 0.29) is 6.10 Å². The van der Waals surface area contributed by atoms with Gasteiger partial charge >= 0.3 is 0 Å². The molecule has 0 aliphatic heterocycles. The molecule has 0 aliphatic carbocycles. The molecular weight excluding hydrogens is 266 g/mol. The van der Waals surface area contributed by atoms with Crippen LogP contribution in [0.5, 0.6) is 0 Å². The summed E-state index contributed by atoms with van der Waals surface area (Å²) < 4.78 is 10.5. The molecule has 120 valence electrons. The minimum absolute atomic E-state index is 0.0247. The molecule has 1 unspecified atom stereocenters. The largest absolute Gasteiger partial charge is 0.382 e. The lowest BCUT2D eigenvalue weighted by Crippen LogP contribution is -2.27. The number of pyridine rings is 1. The Bertz CT molecular complexity index is 411. The molecule has 1 rings (SSSR count). The van der Waals surface area contributed by atoms with Crippen molar-refractivity contribution in [2.45, 2.75) is 39.3 Å². The number of hydrogen-bond donors (Lipinski definition) is 2. The number of anilines is 1. The van der Waals surface area contributed by atoms with Crippen LogP contribution in [0.15, 0.2) is 12.1 Å². The third-order valence-corrected chi connectivity index (χ3v) is 3.27. The standard InChI is InChI=1S/C16H29N3O2/c1-6-17-9-13-7-15(12(2)3)19-16(8-13)18-10-14(21-5)11-20-4/h7-8,12,14,17H,6,9-11H2,1-5H3,(H,18,19). The van der Waals surface area contributed by atoms with Crippen LogP contribution < -0.4 is 10.6 Å². The summed E-state index contributed by atoms with van der Waals surface area (Å²) in [6, 6.07) is 4.26. The smallest absolute Gasteiger partial charge is 0.126 e. The molecular formula is C16H29N3O2. The van der Waals surface area contributed by atoms with Crippen molar-refractivity contribution < 1.29 is 9.47 Å². The molecule has 1 aromatic heterocycles. The highest BCUT2D eigenvalue weighted by atomic mass is 16.5. The monoisotopic (exact) mass is 295 g/mol. The van der Waals surface area contributed by atoms with Gasteiger partial charge in [0.1, 0.15) is 5.82 Å². The summed E-state index contributed by atoms with van der Waals surface area (Å²) in [4.78, 5) is 4.67. The molecule has 0 fully saturated rings. The molecule has 1 atom stereocenters. The summed E-state index contributed by atoms with van der Waals surface area (Å²) in [5.41, 5.74) is 2.35. The number of nitrogens with one attached hydrogen (secondary N) is 2. The predicted octanol–water partition coefficient (Wildman–Crippen LogP) is 2.39. The molecule has 0 spiro atoms. The highest BCUT2D eigenvalue weighted by Crippen LogP contribution is 2.17. The molecule has 0 amide bonds. The van der Waals surface area contributed by atoms with Gasteiger partial charge in [0.05, 0.1) is 12.7 Å². The summed E-state index contributed by atoms with van der Waals surface area (Å²) in [5.74, 6) is 1.30. The Hall–Kier alpha value is -1.17. The molecule has 5 nitrogen and oxygen atoms in total. The van der Waals surface area contributed by atoms with Crippen molar-refractivity contribution in [3.63, 3.8) is 0 Å². The van der Waals surface area contributed by atoms with Gasteiger partial charge in [0.25, 0.3) is 0 Å². The number of hydrogen-bond acceptors (Lipinski definition) is 5. The van der Waals surface area contributed by atoms with Gasteiger partial charge in [-0.2, -0.15) is 0 Å². The Morgan fingerprint density at radius 3 is 2.57 bits per heavy atom. The quantitative estimate of drug-likeness (QED) is 0.694. The molecule has 0 saturated heterocycles. The van der Waals surface area contributed by atoms with Crippen molar-refractivity contribution in [3.8, 4) is 0 Å². The zero-order valence-electron chi connectivity index (χ0n) is 13.9. The van der Waals surface area contributed by atoms with Gasteiger partial charge in [0.15, 0.2) is 0 Å². The van der Waals surface area contributed by atoms with Crippen molar-refractivity contribution in [2.75, 3.05) is 39.2 Å². The Kier molecular flexibility index (Phi) is 8.27. The van der Waals surface area contributed by atoms with Crippen LogP contribution in [-0.4, -0.2) is 45.0 Å². The number of nitrogens with zero attached hydrogens (tertiary/aromatic N) is 1. The van der Waals surface area contributed by atoms with Crippen LogP contribution in [-0.2, 0) is 16.0 Å². The van der Waals surface area contributed by atoms with Gasteiger partial charge < -0.3 is 20.1 Å². The third kappa shape index (κ3) is 6.42. The van der Waals surface area contributed by atoms with Crippen LogP contribution >= 0.6 is 0 Å².